The van der Waals surface area contributed by atoms with Crippen LogP contribution in [0.4, 0.5) is 0 Å². The molecule has 118 valence electrons. The lowest BCUT2D eigenvalue weighted by molar-refractivity contribution is -0.123. The van der Waals surface area contributed by atoms with Crippen LogP contribution < -0.4 is 5.32 Å². The van der Waals surface area contributed by atoms with E-state index in [1.165, 1.54) is 0 Å². The molecule has 1 amide bonds. The average molecular weight is 301 g/mol. The van der Waals surface area contributed by atoms with Gasteiger partial charge in [-0.3, -0.25) is 9.48 Å². The van der Waals surface area contributed by atoms with E-state index in [1.54, 1.807) is 31.0 Å². The van der Waals surface area contributed by atoms with E-state index in [9.17, 15) is 9.90 Å². The first-order valence-corrected chi connectivity index (χ1v) is 7.35. The summed E-state index contributed by atoms with van der Waals surface area (Å²) in [4.78, 5) is 12.3. The van der Waals surface area contributed by atoms with E-state index in [2.05, 4.69) is 10.4 Å². The van der Waals surface area contributed by atoms with Crippen molar-refractivity contribution in [3.63, 3.8) is 0 Å². The molecular weight excluding hydrogens is 278 g/mol. The van der Waals surface area contributed by atoms with Gasteiger partial charge in [0.05, 0.1) is 18.7 Å². The number of amides is 1. The lowest BCUT2D eigenvalue weighted by Gasteiger charge is -2.23. The third-order valence-electron chi connectivity index (χ3n) is 3.87. The lowest BCUT2D eigenvalue weighted by atomic mass is 9.96. The van der Waals surface area contributed by atoms with Crippen LogP contribution in [0.15, 0.2) is 36.7 Å². The fraction of sp³-hybridized carbons (Fsp3) is 0.412. The molecule has 0 aliphatic heterocycles. The van der Waals surface area contributed by atoms with Gasteiger partial charge in [0.25, 0.3) is 0 Å². The average Bonchev–Trinajstić information content (AvgIpc) is 2.91. The van der Waals surface area contributed by atoms with Gasteiger partial charge in [-0.05, 0) is 26.3 Å². The first kappa shape index (κ1) is 16.2. The van der Waals surface area contributed by atoms with E-state index in [-0.39, 0.29) is 18.4 Å². The Kier molecular flexibility index (Phi) is 4.66. The number of carbonyl (C=O) groups excluding carboxylic acids is 1. The largest absolute Gasteiger partial charge is 0.383 e. The molecule has 0 aliphatic rings. The molecule has 1 aromatic heterocycles. The van der Waals surface area contributed by atoms with Gasteiger partial charge in [-0.2, -0.15) is 5.10 Å². The van der Waals surface area contributed by atoms with E-state index < -0.39 is 5.60 Å². The molecule has 2 rings (SSSR count). The molecule has 0 saturated heterocycles. The van der Waals surface area contributed by atoms with Crippen LogP contribution in [0.2, 0.25) is 0 Å². The second-order valence-electron chi connectivity index (χ2n) is 6.03. The quantitative estimate of drug-likeness (QED) is 0.886. The Labute approximate surface area is 131 Å². The van der Waals surface area contributed by atoms with Gasteiger partial charge >= 0.3 is 0 Å². The lowest BCUT2D eigenvalue weighted by Crippen LogP contribution is -2.40. The normalized spacial score (nSPS) is 15.1. The Balaban J connectivity index is 2.00. The maximum atomic E-state index is 12.3. The zero-order valence-corrected chi connectivity index (χ0v) is 13.5. The monoisotopic (exact) mass is 301 g/mol. The van der Waals surface area contributed by atoms with Crippen molar-refractivity contribution < 1.29 is 9.90 Å². The second-order valence-corrected chi connectivity index (χ2v) is 6.03. The van der Waals surface area contributed by atoms with Crippen LogP contribution in [0.3, 0.4) is 0 Å². The van der Waals surface area contributed by atoms with Crippen molar-refractivity contribution in [2.24, 2.45) is 7.05 Å². The summed E-state index contributed by atoms with van der Waals surface area (Å²) in [6.07, 6.45) is 3.35. The molecule has 0 spiro atoms. The van der Waals surface area contributed by atoms with Gasteiger partial charge in [-0.15, -0.1) is 0 Å². The summed E-state index contributed by atoms with van der Waals surface area (Å²) in [6, 6.07) is 7.89. The van der Waals surface area contributed by atoms with Crippen molar-refractivity contribution in [2.75, 3.05) is 6.54 Å². The number of hydrogen-bond acceptors (Lipinski definition) is 3. The van der Waals surface area contributed by atoms with Gasteiger partial charge in [0.2, 0.25) is 5.91 Å². The van der Waals surface area contributed by atoms with Crippen molar-refractivity contribution in [1.29, 1.82) is 0 Å². The summed E-state index contributed by atoms with van der Waals surface area (Å²) < 4.78 is 1.63. The molecule has 0 radical (unpaired) electrons. The maximum Gasteiger partial charge on any atom is 0.227 e. The molecule has 5 heteroatoms. The highest BCUT2D eigenvalue weighted by molar-refractivity contribution is 5.83. The van der Waals surface area contributed by atoms with E-state index >= 15 is 0 Å². The van der Waals surface area contributed by atoms with E-state index in [1.807, 2.05) is 38.1 Å². The van der Waals surface area contributed by atoms with E-state index in [0.29, 0.717) is 5.56 Å². The third kappa shape index (κ3) is 3.74. The Hall–Kier alpha value is -2.14. The fourth-order valence-electron chi connectivity index (χ4n) is 2.30. The molecule has 0 bridgehead atoms. The number of rotatable bonds is 5. The molecule has 0 saturated carbocycles. The predicted octanol–water partition coefficient (Wildman–Crippen LogP) is 1.86. The minimum absolute atomic E-state index is 0.102. The van der Waals surface area contributed by atoms with Crippen molar-refractivity contribution in [3.05, 3.63) is 53.3 Å². The zero-order chi connectivity index (χ0) is 16.3. The minimum atomic E-state index is -1.14. The van der Waals surface area contributed by atoms with Crippen LogP contribution in [-0.4, -0.2) is 27.3 Å². The summed E-state index contributed by atoms with van der Waals surface area (Å²) in [6.45, 7) is 5.68. The first-order chi connectivity index (χ1) is 10.3. The molecule has 2 aromatic rings. The molecule has 0 aliphatic carbocycles. The number of nitrogens with zero attached hydrogens (tertiary/aromatic N) is 2. The summed E-state index contributed by atoms with van der Waals surface area (Å²) in [7, 11) is 1.79. The van der Waals surface area contributed by atoms with Crippen LogP contribution in [0.25, 0.3) is 0 Å². The molecule has 0 fully saturated rings. The van der Waals surface area contributed by atoms with Crippen molar-refractivity contribution >= 4 is 5.91 Å². The Bertz CT molecular complexity index is 661. The molecule has 5 nitrogen and oxygen atoms in total. The first-order valence-electron chi connectivity index (χ1n) is 7.35. The van der Waals surface area contributed by atoms with Gasteiger partial charge in [-0.1, -0.05) is 29.8 Å². The number of benzene rings is 1. The standard InChI is InChI=1S/C17H23N3O2/c1-12-6-5-7-14(8-12)13(2)16(21)18-11-17(3,22)15-9-19-20(4)10-15/h5-10,13,22H,11H2,1-4H3,(H,18,21). The van der Waals surface area contributed by atoms with Crippen LogP contribution in [0.5, 0.6) is 0 Å². The zero-order valence-electron chi connectivity index (χ0n) is 13.5. The summed E-state index contributed by atoms with van der Waals surface area (Å²) >= 11 is 0. The predicted molar refractivity (Wildman–Crippen MR) is 85.4 cm³/mol. The van der Waals surface area contributed by atoms with Crippen LogP contribution in [0.1, 0.15) is 36.5 Å². The van der Waals surface area contributed by atoms with Gasteiger partial charge in [-0.25, -0.2) is 0 Å². The van der Waals surface area contributed by atoms with Crippen molar-refractivity contribution in [3.8, 4) is 0 Å². The molecule has 1 aromatic carbocycles. The van der Waals surface area contributed by atoms with Crippen LogP contribution in [-0.2, 0) is 17.4 Å². The number of aryl methyl sites for hydroxylation is 2. The smallest absolute Gasteiger partial charge is 0.227 e. The Morgan fingerprint density at radius 3 is 2.82 bits per heavy atom. The van der Waals surface area contributed by atoms with E-state index in [4.69, 9.17) is 0 Å². The highest BCUT2D eigenvalue weighted by Crippen LogP contribution is 2.20. The van der Waals surface area contributed by atoms with Gasteiger partial charge in [0.1, 0.15) is 5.60 Å². The second kappa shape index (κ2) is 6.32. The van der Waals surface area contributed by atoms with Gasteiger partial charge in [0, 0.05) is 18.8 Å². The summed E-state index contributed by atoms with van der Waals surface area (Å²) in [5.74, 6) is -0.362. The van der Waals surface area contributed by atoms with Crippen molar-refractivity contribution in [2.45, 2.75) is 32.3 Å². The van der Waals surface area contributed by atoms with Crippen LogP contribution >= 0.6 is 0 Å². The highest BCUT2D eigenvalue weighted by Gasteiger charge is 2.26. The molecule has 2 N–H and O–H groups in total. The highest BCUT2D eigenvalue weighted by atomic mass is 16.3. The Morgan fingerprint density at radius 2 is 2.23 bits per heavy atom. The fourth-order valence-corrected chi connectivity index (χ4v) is 2.30. The number of hydrogen-bond donors (Lipinski definition) is 2. The SMILES string of the molecule is Cc1cccc(C(C)C(=O)NCC(C)(O)c2cnn(C)c2)c1. The van der Waals surface area contributed by atoms with E-state index in [0.717, 1.165) is 11.1 Å². The van der Waals surface area contributed by atoms with Gasteiger partial charge < -0.3 is 10.4 Å². The number of nitrogens with one attached hydrogen (secondary N) is 1. The molecular formula is C17H23N3O2. The topological polar surface area (TPSA) is 67.2 Å². The summed E-state index contributed by atoms with van der Waals surface area (Å²) in [5, 5.41) is 17.3. The molecule has 2 atom stereocenters. The number of carbonyl (C=O) groups is 1. The summed E-state index contributed by atoms with van der Waals surface area (Å²) in [5.41, 5.74) is 1.63. The van der Waals surface area contributed by atoms with Gasteiger partial charge in [0.15, 0.2) is 0 Å². The Morgan fingerprint density at radius 1 is 1.50 bits per heavy atom. The minimum Gasteiger partial charge on any atom is -0.383 e. The van der Waals surface area contributed by atoms with Crippen molar-refractivity contribution in [1.82, 2.24) is 15.1 Å². The number of aliphatic hydroxyl groups is 1. The third-order valence-corrected chi connectivity index (χ3v) is 3.87. The maximum absolute atomic E-state index is 12.3. The van der Waals surface area contributed by atoms with Crippen LogP contribution in [0, 0.1) is 6.92 Å². The molecule has 2 unspecified atom stereocenters. The molecule has 1 heterocycles. The number of aromatic nitrogens is 2. The molecule has 22 heavy (non-hydrogen) atoms.